The van der Waals surface area contributed by atoms with Crippen LogP contribution in [0.25, 0.3) is 0 Å². The third-order valence-electron chi connectivity index (χ3n) is 4.82. The van der Waals surface area contributed by atoms with E-state index in [0.717, 1.165) is 5.56 Å². The quantitative estimate of drug-likeness (QED) is 0.803. The van der Waals surface area contributed by atoms with Crippen molar-refractivity contribution in [1.82, 2.24) is 10.2 Å². The number of likely N-dealkylation sites (tertiary alicyclic amines) is 1. The van der Waals surface area contributed by atoms with Crippen LogP contribution in [0.1, 0.15) is 25.8 Å². The number of halogens is 4. The number of benzene rings is 1. The summed E-state index contributed by atoms with van der Waals surface area (Å²) in [5, 5.41) is 2.32. The van der Waals surface area contributed by atoms with E-state index in [-0.39, 0.29) is 25.4 Å². The molecule has 4 nitrogen and oxygen atoms in total. The molecule has 2 amide bonds. The van der Waals surface area contributed by atoms with Gasteiger partial charge in [-0.2, -0.15) is 13.2 Å². The molecular formula is C18H22ClF3N2O2. The fourth-order valence-electron chi connectivity index (χ4n) is 3.29. The van der Waals surface area contributed by atoms with Crippen LogP contribution in [0.4, 0.5) is 13.2 Å². The summed E-state index contributed by atoms with van der Waals surface area (Å²) >= 11 is 5.41. The molecule has 144 valence electrons. The average molecular weight is 391 g/mol. The fourth-order valence-corrected chi connectivity index (χ4v) is 3.37. The van der Waals surface area contributed by atoms with Gasteiger partial charge < -0.3 is 10.2 Å². The molecule has 26 heavy (non-hydrogen) atoms. The second kappa shape index (κ2) is 7.86. The van der Waals surface area contributed by atoms with Gasteiger partial charge in [-0.25, -0.2) is 0 Å². The van der Waals surface area contributed by atoms with E-state index in [0.29, 0.717) is 0 Å². The SMILES string of the molecule is CC(C)(C(=O)N1CCC(C(F)(F)F)C(NC(=O)CCl)C1)c1ccccc1. The highest BCUT2D eigenvalue weighted by Gasteiger charge is 2.49. The van der Waals surface area contributed by atoms with Crippen molar-refractivity contribution in [2.24, 2.45) is 5.92 Å². The maximum atomic E-state index is 13.3. The molecule has 1 N–H and O–H groups in total. The first-order chi connectivity index (χ1) is 12.1. The van der Waals surface area contributed by atoms with E-state index in [1.165, 1.54) is 4.90 Å². The zero-order valence-electron chi connectivity index (χ0n) is 14.6. The molecule has 1 fully saturated rings. The summed E-state index contributed by atoms with van der Waals surface area (Å²) in [7, 11) is 0. The number of hydrogen-bond donors (Lipinski definition) is 1. The number of rotatable bonds is 4. The number of hydrogen-bond acceptors (Lipinski definition) is 2. The highest BCUT2D eigenvalue weighted by molar-refractivity contribution is 6.27. The minimum atomic E-state index is -4.45. The molecule has 0 aliphatic carbocycles. The highest BCUT2D eigenvalue weighted by Crippen LogP contribution is 2.36. The van der Waals surface area contributed by atoms with Crippen LogP contribution in [0.2, 0.25) is 0 Å². The zero-order chi connectivity index (χ0) is 19.5. The van der Waals surface area contributed by atoms with Gasteiger partial charge >= 0.3 is 6.18 Å². The Morgan fingerprint density at radius 2 is 1.85 bits per heavy atom. The molecule has 1 heterocycles. The molecule has 1 aliphatic rings. The van der Waals surface area contributed by atoms with Gasteiger partial charge in [0.2, 0.25) is 11.8 Å². The third-order valence-corrected chi connectivity index (χ3v) is 5.06. The van der Waals surface area contributed by atoms with Crippen LogP contribution < -0.4 is 5.32 Å². The van der Waals surface area contributed by atoms with Gasteiger partial charge in [0.25, 0.3) is 0 Å². The van der Waals surface area contributed by atoms with E-state index in [1.807, 2.05) is 30.3 Å². The maximum absolute atomic E-state index is 13.3. The number of amides is 2. The Labute approximate surface area is 155 Å². The van der Waals surface area contributed by atoms with Crippen molar-refractivity contribution >= 4 is 23.4 Å². The molecule has 1 aromatic carbocycles. The molecule has 0 radical (unpaired) electrons. The fraction of sp³-hybridized carbons (Fsp3) is 0.556. The molecule has 1 aromatic rings. The lowest BCUT2D eigenvalue weighted by Gasteiger charge is -2.42. The van der Waals surface area contributed by atoms with Crippen molar-refractivity contribution in [3.05, 3.63) is 35.9 Å². The standard InChI is InChI=1S/C18H22ClF3N2O2/c1-17(2,12-6-4-3-5-7-12)16(26)24-9-8-13(18(20,21)22)14(11-24)23-15(25)10-19/h3-7,13-14H,8-11H2,1-2H3,(H,23,25). The number of nitrogens with zero attached hydrogens (tertiary/aromatic N) is 1. The lowest BCUT2D eigenvalue weighted by molar-refractivity contribution is -0.194. The van der Waals surface area contributed by atoms with Gasteiger partial charge in [-0.15, -0.1) is 11.6 Å². The van der Waals surface area contributed by atoms with Gasteiger partial charge in [0.05, 0.1) is 17.4 Å². The van der Waals surface area contributed by atoms with E-state index >= 15 is 0 Å². The van der Waals surface area contributed by atoms with Crippen LogP contribution in [-0.2, 0) is 15.0 Å². The van der Waals surface area contributed by atoms with Crippen LogP contribution in [0.15, 0.2) is 30.3 Å². The normalized spacial score (nSPS) is 21.4. The van der Waals surface area contributed by atoms with Crippen molar-refractivity contribution < 1.29 is 22.8 Å². The molecule has 2 unspecified atom stereocenters. The zero-order valence-corrected chi connectivity index (χ0v) is 15.4. The van der Waals surface area contributed by atoms with Crippen LogP contribution >= 0.6 is 11.6 Å². The number of carbonyl (C=O) groups excluding carboxylic acids is 2. The summed E-state index contributed by atoms with van der Waals surface area (Å²) in [4.78, 5) is 25.9. The van der Waals surface area contributed by atoms with E-state index in [2.05, 4.69) is 5.32 Å². The van der Waals surface area contributed by atoms with Gasteiger partial charge in [0.1, 0.15) is 5.88 Å². The van der Waals surface area contributed by atoms with Gasteiger partial charge in [-0.3, -0.25) is 9.59 Å². The number of carbonyl (C=O) groups is 2. The van der Waals surface area contributed by atoms with E-state index in [1.54, 1.807) is 13.8 Å². The number of alkyl halides is 4. The van der Waals surface area contributed by atoms with E-state index in [4.69, 9.17) is 11.6 Å². The predicted octanol–water partition coefficient (Wildman–Crippen LogP) is 3.10. The second-order valence-corrected chi connectivity index (χ2v) is 7.25. The number of nitrogens with one attached hydrogen (secondary N) is 1. The Bertz CT molecular complexity index is 650. The van der Waals surface area contributed by atoms with Crippen LogP contribution in [-0.4, -0.2) is 47.9 Å². The molecule has 0 saturated carbocycles. The van der Waals surface area contributed by atoms with Gasteiger partial charge in [0.15, 0.2) is 0 Å². The summed E-state index contributed by atoms with van der Waals surface area (Å²) in [6, 6.07) is 7.87. The summed E-state index contributed by atoms with van der Waals surface area (Å²) in [5.41, 5.74) is -0.0998. The van der Waals surface area contributed by atoms with E-state index in [9.17, 15) is 22.8 Å². The minimum Gasteiger partial charge on any atom is -0.350 e. The van der Waals surface area contributed by atoms with Crippen molar-refractivity contribution in [3.8, 4) is 0 Å². The van der Waals surface area contributed by atoms with Gasteiger partial charge in [-0.05, 0) is 25.8 Å². The summed E-state index contributed by atoms with van der Waals surface area (Å²) in [6.07, 6.45) is -4.71. The molecule has 0 spiro atoms. The summed E-state index contributed by atoms with van der Waals surface area (Å²) in [5.74, 6) is -3.07. The Morgan fingerprint density at radius 1 is 1.23 bits per heavy atom. The van der Waals surface area contributed by atoms with Crippen molar-refractivity contribution in [2.75, 3.05) is 19.0 Å². The minimum absolute atomic E-state index is 0.00742. The first-order valence-corrected chi connectivity index (χ1v) is 8.87. The molecule has 2 atom stereocenters. The van der Waals surface area contributed by atoms with Gasteiger partial charge in [0, 0.05) is 13.1 Å². The molecule has 2 rings (SSSR count). The van der Waals surface area contributed by atoms with Crippen LogP contribution in [0.3, 0.4) is 0 Å². The van der Waals surface area contributed by atoms with Crippen LogP contribution in [0.5, 0.6) is 0 Å². The maximum Gasteiger partial charge on any atom is 0.393 e. The molecule has 0 bridgehead atoms. The Balaban J connectivity index is 2.20. The largest absolute Gasteiger partial charge is 0.393 e. The Morgan fingerprint density at radius 3 is 2.38 bits per heavy atom. The first kappa shape index (κ1) is 20.6. The lowest BCUT2D eigenvalue weighted by Crippen LogP contribution is -2.59. The summed E-state index contributed by atoms with van der Waals surface area (Å²) in [6.45, 7) is 3.29. The van der Waals surface area contributed by atoms with Crippen LogP contribution in [0, 0.1) is 5.92 Å². The first-order valence-electron chi connectivity index (χ1n) is 8.34. The average Bonchev–Trinajstić information content (AvgIpc) is 2.60. The summed E-state index contributed by atoms with van der Waals surface area (Å²) < 4.78 is 39.9. The second-order valence-electron chi connectivity index (χ2n) is 6.99. The predicted molar refractivity (Wildman–Crippen MR) is 92.9 cm³/mol. The Kier molecular flexibility index (Phi) is 6.21. The molecule has 1 saturated heterocycles. The molecule has 1 aliphatic heterocycles. The van der Waals surface area contributed by atoms with Crippen molar-refractivity contribution in [2.45, 2.75) is 37.9 Å². The van der Waals surface area contributed by atoms with Crippen molar-refractivity contribution in [1.29, 1.82) is 0 Å². The highest BCUT2D eigenvalue weighted by atomic mass is 35.5. The smallest absolute Gasteiger partial charge is 0.350 e. The molecule has 8 heteroatoms. The van der Waals surface area contributed by atoms with E-state index < -0.39 is 35.3 Å². The topological polar surface area (TPSA) is 49.4 Å². The molecular weight excluding hydrogens is 369 g/mol. The number of piperidine rings is 1. The Hall–Kier alpha value is -1.76. The monoisotopic (exact) mass is 390 g/mol. The van der Waals surface area contributed by atoms with Gasteiger partial charge in [-0.1, -0.05) is 30.3 Å². The lowest BCUT2D eigenvalue weighted by atomic mass is 9.81. The third kappa shape index (κ3) is 4.50. The van der Waals surface area contributed by atoms with Crippen molar-refractivity contribution in [3.63, 3.8) is 0 Å². The molecule has 0 aromatic heterocycles.